The molecule has 138 valence electrons. The first-order chi connectivity index (χ1) is 12.8. The summed E-state index contributed by atoms with van der Waals surface area (Å²) in [4.78, 5) is 28.4. The number of nitrogens with one attached hydrogen (secondary N) is 2. The number of hydrazine groups is 1. The Morgan fingerprint density at radius 3 is 2.63 bits per heavy atom. The average molecular weight is 386 g/mol. The van der Waals surface area contributed by atoms with E-state index in [2.05, 4.69) is 10.4 Å². The van der Waals surface area contributed by atoms with Crippen LogP contribution in [0.2, 0.25) is 0 Å². The molecule has 0 bridgehead atoms. The molecule has 0 aliphatic heterocycles. The van der Waals surface area contributed by atoms with Crippen molar-refractivity contribution in [3.63, 3.8) is 0 Å². The first-order valence-electron chi connectivity index (χ1n) is 7.73. The van der Waals surface area contributed by atoms with Crippen molar-refractivity contribution in [1.82, 2.24) is 15.2 Å². The highest BCUT2D eigenvalue weighted by Gasteiger charge is 2.16. The second kappa shape index (κ2) is 7.48. The molecule has 2 N–H and O–H groups in total. The second-order valence-electron chi connectivity index (χ2n) is 5.63. The highest BCUT2D eigenvalue weighted by molar-refractivity contribution is 7.88. The minimum Gasteiger partial charge on any atom is -0.272 e. The number of sulfonamides is 1. The molecule has 1 aromatic heterocycles. The molecular weight excluding hydrogens is 372 g/mol. The summed E-state index contributed by atoms with van der Waals surface area (Å²) in [6.45, 7) is 0. The lowest BCUT2D eigenvalue weighted by Crippen LogP contribution is -2.42. The Morgan fingerprint density at radius 1 is 1.07 bits per heavy atom. The number of aromatic nitrogens is 1. The van der Waals surface area contributed by atoms with Crippen molar-refractivity contribution < 1.29 is 18.1 Å². The fraction of sp³-hybridized carbons (Fsp3) is 0.0588. The molecule has 0 fully saturated rings. The second-order valence-corrected chi connectivity index (χ2v) is 7.35. The molecule has 2 aromatic carbocycles. The molecule has 27 heavy (non-hydrogen) atoms. The van der Waals surface area contributed by atoms with Gasteiger partial charge < -0.3 is 0 Å². The number of non-ortho nitro benzene ring substituents is 1. The lowest BCUT2D eigenvalue weighted by atomic mass is 10.2. The number of rotatable bonds is 6. The van der Waals surface area contributed by atoms with Gasteiger partial charge in [-0.1, -0.05) is 36.4 Å². The van der Waals surface area contributed by atoms with Gasteiger partial charge in [-0.25, -0.2) is 13.4 Å². The van der Waals surface area contributed by atoms with Gasteiger partial charge in [-0.15, -0.1) is 4.83 Å². The van der Waals surface area contributed by atoms with Crippen LogP contribution in [-0.4, -0.2) is 24.2 Å². The molecule has 10 heteroatoms. The number of nitrogens with zero attached hydrogens (tertiary/aromatic N) is 2. The van der Waals surface area contributed by atoms with Gasteiger partial charge in [0.2, 0.25) is 10.0 Å². The smallest absolute Gasteiger partial charge is 0.272 e. The van der Waals surface area contributed by atoms with Crippen LogP contribution in [0, 0.1) is 10.1 Å². The Labute approximate surface area is 154 Å². The zero-order chi connectivity index (χ0) is 19.4. The predicted octanol–water partition coefficient (Wildman–Crippen LogP) is 1.91. The molecule has 0 aliphatic carbocycles. The summed E-state index contributed by atoms with van der Waals surface area (Å²) in [5.41, 5.74) is 2.74. The van der Waals surface area contributed by atoms with Crippen LogP contribution in [0.1, 0.15) is 16.1 Å². The number of nitro benzene ring substituents is 1. The molecule has 0 atom stereocenters. The minimum absolute atomic E-state index is 0.0479. The van der Waals surface area contributed by atoms with E-state index in [-0.39, 0.29) is 16.9 Å². The van der Waals surface area contributed by atoms with Crippen molar-refractivity contribution in [2.75, 3.05) is 0 Å². The highest BCUT2D eigenvalue weighted by atomic mass is 32.2. The summed E-state index contributed by atoms with van der Waals surface area (Å²) in [6.07, 6.45) is 0. The van der Waals surface area contributed by atoms with Crippen molar-refractivity contribution in [3.05, 3.63) is 82.0 Å². The van der Waals surface area contributed by atoms with E-state index in [1.807, 2.05) is 17.0 Å². The molecule has 1 heterocycles. The lowest BCUT2D eigenvalue weighted by Gasteiger charge is -2.08. The lowest BCUT2D eigenvalue weighted by molar-refractivity contribution is -0.384. The number of amides is 1. The number of carbonyl (C=O) groups is 1. The third-order valence-electron chi connectivity index (χ3n) is 3.63. The summed E-state index contributed by atoms with van der Waals surface area (Å²) < 4.78 is 24.2. The molecule has 0 aliphatic rings. The Balaban J connectivity index is 1.68. The van der Waals surface area contributed by atoms with Crippen molar-refractivity contribution in [1.29, 1.82) is 0 Å². The van der Waals surface area contributed by atoms with E-state index in [1.165, 1.54) is 24.3 Å². The molecule has 0 radical (unpaired) electrons. The van der Waals surface area contributed by atoms with Gasteiger partial charge in [-0.2, -0.15) is 0 Å². The zero-order valence-electron chi connectivity index (χ0n) is 13.8. The number of carbonyl (C=O) groups excluding carboxylic acids is 1. The maximum atomic E-state index is 12.1. The van der Waals surface area contributed by atoms with Crippen LogP contribution in [0.5, 0.6) is 0 Å². The molecule has 3 rings (SSSR count). The summed E-state index contributed by atoms with van der Waals surface area (Å²) in [5.74, 6) is -1.25. The van der Waals surface area contributed by atoms with Gasteiger partial charge in [0.05, 0.1) is 16.2 Å². The van der Waals surface area contributed by atoms with Gasteiger partial charge in [-0.05, 0) is 17.7 Å². The third kappa shape index (κ3) is 4.63. The number of fused-ring (bicyclic) bond motifs is 1. The van der Waals surface area contributed by atoms with E-state index >= 15 is 0 Å². The fourth-order valence-corrected chi connectivity index (χ4v) is 3.33. The van der Waals surface area contributed by atoms with Crippen molar-refractivity contribution in [3.8, 4) is 0 Å². The molecule has 0 saturated carbocycles. The number of benzene rings is 2. The summed E-state index contributed by atoms with van der Waals surface area (Å²) >= 11 is 0. The molecule has 9 nitrogen and oxygen atoms in total. The molecular formula is C17H14N4O5S. The standard InChI is InChI=1S/C17H14N4O5S/c22-17(16-9-8-13-5-1-2-7-15(13)18-16)19-20-27(25,26)11-12-4-3-6-14(10-12)21(23)24/h1-10,20H,11H2,(H,19,22). The number of hydrogen-bond acceptors (Lipinski definition) is 6. The zero-order valence-corrected chi connectivity index (χ0v) is 14.6. The van der Waals surface area contributed by atoms with Crippen LogP contribution < -0.4 is 10.3 Å². The number of nitro groups is 1. The maximum Gasteiger partial charge on any atom is 0.284 e. The van der Waals surface area contributed by atoms with Gasteiger partial charge in [0.25, 0.3) is 11.6 Å². The van der Waals surface area contributed by atoms with E-state index in [1.54, 1.807) is 18.2 Å². The van der Waals surface area contributed by atoms with Crippen LogP contribution in [0.25, 0.3) is 10.9 Å². The van der Waals surface area contributed by atoms with E-state index < -0.39 is 26.6 Å². The Hall–Kier alpha value is -3.37. The Bertz CT molecular complexity index is 1130. The molecule has 0 spiro atoms. The minimum atomic E-state index is -3.95. The fourth-order valence-electron chi connectivity index (χ4n) is 2.40. The maximum absolute atomic E-state index is 12.1. The van der Waals surface area contributed by atoms with Gasteiger partial charge in [-0.3, -0.25) is 20.3 Å². The van der Waals surface area contributed by atoms with Gasteiger partial charge in [0.15, 0.2) is 0 Å². The normalized spacial score (nSPS) is 11.3. The monoisotopic (exact) mass is 386 g/mol. The molecule has 0 unspecified atom stereocenters. The number of para-hydroxylation sites is 1. The molecule has 3 aromatic rings. The van der Waals surface area contributed by atoms with Crippen LogP contribution >= 0.6 is 0 Å². The SMILES string of the molecule is O=C(NNS(=O)(=O)Cc1cccc([N+](=O)[O-])c1)c1ccc2ccccc2n1. The van der Waals surface area contributed by atoms with Crippen LogP contribution in [0.3, 0.4) is 0 Å². The van der Waals surface area contributed by atoms with Crippen molar-refractivity contribution in [2.45, 2.75) is 5.75 Å². The predicted molar refractivity (Wildman–Crippen MR) is 98.1 cm³/mol. The highest BCUT2D eigenvalue weighted by Crippen LogP contribution is 2.15. The summed E-state index contributed by atoms with van der Waals surface area (Å²) in [6, 6.07) is 15.6. The van der Waals surface area contributed by atoms with E-state index in [0.29, 0.717) is 5.52 Å². The molecule has 0 saturated heterocycles. The number of pyridine rings is 1. The largest absolute Gasteiger partial charge is 0.284 e. The third-order valence-corrected chi connectivity index (χ3v) is 4.76. The van der Waals surface area contributed by atoms with Gasteiger partial charge in [0.1, 0.15) is 5.69 Å². The van der Waals surface area contributed by atoms with Gasteiger partial charge in [0, 0.05) is 17.5 Å². The Kier molecular flexibility index (Phi) is 5.10. The first kappa shape index (κ1) is 18.4. The van der Waals surface area contributed by atoms with E-state index in [9.17, 15) is 23.3 Å². The molecule has 1 amide bonds. The van der Waals surface area contributed by atoms with Crippen LogP contribution in [0.4, 0.5) is 5.69 Å². The topological polar surface area (TPSA) is 131 Å². The van der Waals surface area contributed by atoms with Gasteiger partial charge >= 0.3 is 0 Å². The van der Waals surface area contributed by atoms with Crippen molar-refractivity contribution >= 4 is 32.5 Å². The van der Waals surface area contributed by atoms with Crippen molar-refractivity contribution in [2.24, 2.45) is 0 Å². The van der Waals surface area contributed by atoms with Crippen LogP contribution in [0.15, 0.2) is 60.7 Å². The average Bonchev–Trinajstić information content (AvgIpc) is 2.65. The summed E-state index contributed by atoms with van der Waals surface area (Å²) in [7, 11) is -3.95. The Morgan fingerprint density at radius 2 is 1.85 bits per heavy atom. The van der Waals surface area contributed by atoms with Crippen LogP contribution in [-0.2, 0) is 15.8 Å². The van der Waals surface area contributed by atoms with E-state index in [0.717, 1.165) is 11.5 Å². The number of hydrogen-bond donors (Lipinski definition) is 2. The van der Waals surface area contributed by atoms with E-state index in [4.69, 9.17) is 0 Å². The quantitative estimate of drug-likeness (QED) is 0.491. The first-order valence-corrected chi connectivity index (χ1v) is 9.38. The summed E-state index contributed by atoms with van der Waals surface area (Å²) in [5, 5.41) is 11.6.